The maximum Gasteiger partial charge on any atom is 0.260 e. The smallest absolute Gasteiger partial charge is 0.260 e. The van der Waals surface area contributed by atoms with Gasteiger partial charge in [0, 0.05) is 24.3 Å². The molecular formula is C21H22Cl2N2O4. The van der Waals surface area contributed by atoms with Crippen LogP contribution < -0.4 is 10.1 Å². The number of anilines is 1. The fourth-order valence-electron chi connectivity index (χ4n) is 3.13. The number of morpholine rings is 1. The molecule has 6 nitrogen and oxygen atoms in total. The molecule has 1 saturated heterocycles. The lowest BCUT2D eigenvalue weighted by atomic mass is 10.1. The lowest BCUT2D eigenvalue weighted by Gasteiger charge is -2.27. The van der Waals surface area contributed by atoms with Crippen molar-refractivity contribution in [2.24, 2.45) is 0 Å². The third-order valence-electron chi connectivity index (χ3n) is 4.60. The molecule has 1 heterocycles. The van der Waals surface area contributed by atoms with Crippen LogP contribution in [-0.4, -0.2) is 49.6 Å². The van der Waals surface area contributed by atoms with E-state index in [0.29, 0.717) is 53.3 Å². The summed E-state index contributed by atoms with van der Waals surface area (Å²) < 4.78 is 11.0. The van der Waals surface area contributed by atoms with E-state index >= 15 is 0 Å². The molecule has 1 fully saturated rings. The van der Waals surface area contributed by atoms with Crippen LogP contribution in [0.5, 0.6) is 5.75 Å². The molecule has 2 aromatic rings. The van der Waals surface area contributed by atoms with Crippen LogP contribution >= 0.6 is 23.2 Å². The van der Waals surface area contributed by atoms with Gasteiger partial charge in [0.1, 0.15) is 5.75 Å². The molecule has 2 amide bonds. The number of aryl methyl sites for hydroxylation is 2. The second kappa shape index (κ2) is 9.48. The molecule has 1 N–H and O–H groups in total. The van der Waals surface area contributed by atoms with Gasteiger partial charge in [-0.2, -0.15) is 0 Å². The van der Waals surface area contributed by atoms with Crippen molar-refractivity contribution < 1.29 is 19.1 Å². The highest BCUT2D eigenvalue weighted by Gasteiger charge is 2.18. The molecule has 3 rings (SSSR count). The zero-order valence-corrected chi connectivity index (χ0v) is 17.8. The molecule has 0 spiro atoms. The highest BCUT2D eigenvalue weighted by atomic mass is 35.5. The van der Waals surface area contributed by atoms with Crippen molar-refractivity contribution in [1.29, 1.82) is 0 Å². The fraction of sp³-hybridized carbons (Fsp3) is 0.333. The number of rotatable bonds is 5. The Hall–Kier alpha value is -2.28. The van der Waals surface area contributed by atoms with Crippen molar-refractivity contribution in [1.82, 2.24) is 4.90 Å². The Labute approximate surface area is 179 Å². The summed E-state index contributed by atoms with van der Waals surface area (Å²) in [5, 5.41) is 3.56. The van der Waals surface area contributed by atoms with Crippen LogP contribution in [0.1, 0.15) is 21.5 Å². The van der Waals surface area contributed by atoms with Crippen molar-refractivity contribution in [3.63, 3.8) is 0 Å². The summed E-state index contributed by atoms with van der Waals surface area (Å²) in [5.74, 6) is 0.279. The van der Waals surface area contributed by atoms with Gasteiger partial charge in [-0.05, 0) is 55.3 Å². The average Bonchev–Trinajstić information content (AvgIpc) is 2.69. The normalized spacial score (nSPS) is 13.9. The predicted molar refractivity (Wildman–Crippen MR) is 113 cm³/mol. The minimum atomic E-state index is -0.293. The van der Waals surface area contributed by atoms with Crippen LogP contribution in [0.4, 0.5) is 5.69 Å². The van der Waals surface area contributed by atoms with Gasteiger partial charge in [0.25, 0.3) is 11.8 Å². The van der Waals surface area contributed by atoms with Crippen LogP contribution in [0.2, 0.25) is 10.0 Å². The third-order valence-corrected chi connectivity index (χ3v) is 5.34. The summed E-state index contributed by atoms with van der Waals surface area (Å²) in [6.07, 6.45) is 0. The maximum atomic E-state index is 12.5. The van der Waals surface area contributed by atoms with Gasteiger partial charge < -0.3 is 19.7 Å². The van der Waals surface area contributed by atoms with Crippen LogP contribution in [0.25, 0.3) is 0 Å². The van der Waals surface area contributed by atoms with Gasteiger partial charge in [-0.1, -0.05) is 23.2 Å². The van der Waals surface area contributed by atoms with Crippen molar-refractivity contribution in [2.45, 2.75) is 13.8 Å². The van der Waals surface area contributed by atoms with E-state index in [9.17, 15) is 9.59 Å². The number of hydrogen-bond acceptors (Lipinski definition) is 4. The average molecular weight is 437 g/mol. The topological polar surface area (TPSA) is 67.9 Å². The third kappa shape index (κ3) is 5.41. The molecule has 0 bridgehead atoms. The number of nitrogens with zero attached hydrogens (tertiary/aromatic N) is 1. The van der Waals surface area contributed by atoms with E-state index < -0.39 is 0 Å². The number of ether oxygens (including phenoxy) is 2. The molecule has 0 radical (unpaired) electrons. The maximum absolute atomic E-state index is 12.5. The summed E-state index contributed by atoms with van der Waals surface area (Å²) in [6, 6.07) is 8.32. The lowest BCUT2D eigenvalue weighted by Crippen LogP contribution is -2.43. The molecular weight excluding hydrogens is 415 g/mol. The second-order valence-corrected chi connectivity index (χ2v) is 7.62. The van der Waals surface area contributed by atoms with Gasteiger partial charge in [-0.3, -0.25) is 9.59 Å². The van der Waals surface area contributed by atoms with E-state index in [-0.39, 0.29) is 18.4 Å². The summed E-state index contributed by atoms with van der Waals surface area (Å²) in [4.78, 5) is 26.5. The number of carbonyl (C=O) groups excluding carboxylic acids is 2. The number of benzene rings is 2. The Kier molecular flexibility index (Phi) is 7.00. The molecule has 0 aliphatic carbocycles. The number of nitrogens with one attached hydrogen (secondary N) is 1. The van der Waals surface area contributed by atoms with Gasteiger partial charge in [0.2, 0.25) is 0 Å². The molecule has 0 atom stereocenters. The Morgan fingerprint density at radius 3 is 2.34 bits per heavy atom. The van der Waals surface area contributed by atoms with Gasteiger partial charge >= 0.3 is 0 Å². The molecule has 1 aliphatic rings. The van der Waals surface area contributed by atoms with E-state index in [2.05, 4.69) is 5.32 Å². The molecule has 0 aromatic heterocycles. The minimum Gasteiger partial charge on any atom is -0.483 e. The first-order chi connectivity index (χ1) is 13.8. The first-order valence-corrected chi connectivity index (χ1v) is 9.96. The predicted octanol–water partition coefficient (Wildman–Crippen LogP) is 4.10. The first-order valence-electron chi connectivity index (χ1n) is 9.21. The van der Waals surface area contributed by atoms with E-state index in [4.69, 9.17) is 32.7 Å². The Morgan fingerprint density at radius 2 is 1.72 bits per heavy atom. The number of hydrogen-bond donors (Lipinski definition) is 1. The van der Waals surface area contributed by atoms with Gasteiger partial charge in [0.05, 0.1) is 23.3 Å². The SMILES string of the molecule is Cc1cc(NC(=O)c2ccc(Cl)c(Cl)c2)cc(C)c1OCC(=O)N1CCOCC1. The summed E-state index contributed by atoms with van der Waals surface area (Å²) in [5.41, 5.74) is 2.68. The summed E-state index contributed by atoms with van der Waals surface area (Å²) >= 11 is 11.9. The summed E-state index contributed by atoms with van der Waals surface area (Å²) in [7, 11) is 0. The van der Waals surface area contributed by atoms with E-state index in [1.807, 2.05) is 13.8 Å². The van der Waals surface area contributed by atoms with Crippen LogP contribution in [0.15, 0.2) is 30.3 Å². The van der Waals surface area contributed by atoms with Gasteiger partial charge in [-0.25, -0.2) is 0 Å². The molecule has 2 aromatic carbocycles. The highest BCUT2D eigenvalue weighted by molar-refractivity contribution is 6.42. The summed E-state index contributed by atoms with van der Waals surface area (Å²) in [6.45, 7) is 5.98. The molecule has 29 heavy (non-hydrogen) atoms. The Bertz CT molecular complexity index is 904. The van der Waals surface area contributed by atoms with Crippen molar-refractivity contribution in [2.75, 3.05) is 38.2 Å². The van der Waals surface area contributed by atoms with Crippen LogP contribution in [-0.2, 0) is 9.53 Å². The van der Waals surface area contributed by atoms with Gasteiger partial charge in [0.15, 0.2) is 6.61 Å². The lowest BCUT2D eigenvalue weighted by molar-refractivity contribution is -0.137. The number of amides is 2. The van der Waals surface area contributed by atoms with E-state index in [1.54, 1.807) is 29.2 Å². The standard InChI is InChI=1S/C21H22Cl2N2O4/c1-13-9-16(24-21(27)15-3-4-17(22)18(23)11-15)10-14(2)20(13)29-12-19(26)25-5-7-28-8-6-25/h3-4,9-11H,5-8,12H2,1-2H3,(H,24,27). The highest BCUT2D eigenvalue weighted by Crippen LogP contribution is 2.28. The van der Waals surface area contributed by atoms with Crippen LogP contribution in [0.3, 0.4) is 0 Å². The minimum absolute atomic E-state index is 0.0311. The van der Waals surface area contributed by atoms with Crippen LogP contribution in [0, 0.1) is 13.8 Å². The fourth-order valence-corrected chi connectivity index (χ4v) is 3.43. The largest absolute Gasteiger partial charge is 0.483 e. The molecule has 0 unspecified atom stereocenters. The Morgan fingerprint density at radius 1 is 1.07 bits per heavy atom. The molecule has 0 saturated carbocycles. The first kappa shape index (κ1) is 21.4. The van der Waals surface area contributed by atoms with Crippen molar-refractivity contribution >= 4 is 40.7 Å². The zero-order valence-electron chi connectivity index (χ0n) is 16.3. The molecule has 1 aliphatic heterocycles. The van der Waals surface area contributed by atoms with Crippen molar-refractivity contribution in [3.8, 4) is 5.75 Å². The van der Waals surface area contributed by atoms with E-state index in [1.165, 1.54) is 6.07 Å². The molecule has 8 heteroatoms. The van der Waals surface area contributed by atoms with E-state index in [0.717, 1.165) is 11.1 Å². The van der Waals surface area contributed by atoms with Crippen molar-refractivity contribution in [3.05, 3.63) is 57.1 Å². The Balaban J connectivity index is 1.66. The zero-order chi connectivity index (χ0) is 21.0. The quantitative estimate of drug-likeness (QED) is 0.765. The second-order valence-electron chi connectivity index (χ2n) is 6.80. The monoisotopic (exact) mass is 436 g/mol. The number of carbonyl (C=O) groups is 2. The number of halogens is 2. The van der Waals surface area contributed by atoms with Gasteiger partial charge in [-0.15, -0.1) is 0 Å². The molecule has 154 valence electrons.